The van der Waals surface area contributed by atoms with Crippen molar-refractivity contribution < 1.29 is 52.7 Å². The van der Waals surface area contributed by atoms with Crippen molar-refractivity contribution in [1.29, 1.82) is 0 Å². The van der Waals surface area contributed by atoms with Gasteiger partial charge >= 0.3 is 24.1 Å². The topological polar surface area (TPSA) is 170 Å². The summed E-state index contributed by atoms with van der Waals surface area (Å²) >= 11 is 0. The average molecular weight is 627 g/mol. The van der Waals surface area contributed by atoms with E-state index in [1.165, 1.54) is 19.2 Å². The lowest BCUT2D eigenvalue weighted by Gasteiger charge is -2.22. The molecule has 0 bridgehead atoms. The Morgan fingerprint density at radius 3 is 2.07 bits per heavy atom. The van der Waals surface area contributed by atoms with Gasteiger partial charge in [-0.3, -0.25) is 0 Å². The number of carboxylic acids is 2. The first-order valence-electron chi connectivity index (χ1n) is 13.8. The summed E-state index contributed by atoms with van der Waals surface area (Å²) in [4.78, 5) is 46.3. The number of amides is 2. The Labute approximate surface area is 259 Å². The highest BCUT2D eigenvalue weighted by atomic mass is 19.1. The SMILES string of the molecule is COc1ccc(C(NC(=O)OC(C)(C)C)C(=O)O)cc1F.O=C(NC(C(=O)O)c1ccc2c(c1)CCO2)OCc1ccccc1. The fraction of sp³-hybridized carbons (Fsp3) is 0.312. The molecule has 2 amide bonds. The van der Waals surface area contributed by atoms with Gasteiger partial charge in [0.05, 0.1) is 13.7 Å². The van der Waals surface area contributed by atoms with Crippen molar-refractivity contribution in [1.82, 2.24) is 10.6 Å². The molecule has 12 nitrogen and oxygen atoms in total. The highest BCUT2D eigenvalue weighted by Crippen LogP contribution is 2.28. The van der Waals surface area contributed by atoms with Crippen molar-refractivity contribution >= 4 is 24.1 Å². The van der Waals surface area contributed by atoms with Crippen molar-refractivity contribution in [3.63, 3.8) is 0 Å². The minimum absolute atomic E-state index is 0.0137. The van der Waals surface area contributed by atoms with Crippen LogP contribution in [0.3, 0.4) is 0 Å². The van der Waals surface area contributed by atoms with E-state index < -0.39 is 47.6 Å². The number of fused-ring (bicyclic) bond motifs is 1. The van der Waals surface area contributed by atoms with Crippen LogP contribution in [0.1, 0.15) is 55.1 Å². The normalized spacial score (nSPS) is 13.0. The highest BCUT2D eigenvalue weighted by molar-refractivity contribution is 5.82. The number of benzene rings is 3. The molecule has 4 rings (SSSR count). The zero-order valence-electron chi connectivity index (χ0n) is 25.2. The minimum Gasteiger partial charge on any atom is -0.494 e. The van der Waals surface area contributed by atoms with Crippen molar-refractivity contribution in [2.75, 3.05) is 13.7 Å². The second kappa shape index (κ2) is 15.4. The standard InChI is InChI=1S/C18H17NO5.C14H18FNO5/c20-17(21)16(14-6-7-15-13(10-14)8-9-23-15)19-18(22)24-11-12-4-2-1-3-5-12;1-14(2,3)21-13(19)16-11(12(17)18)8-5-6-10(20-4)9(15)7-8/h1-7,10,16H,8-9,11H2,(H,19,22)(H,20,21);5-7,11H,1-4H3,(H,16,19)(H,17,18). The number of hydrogen-bond donors (Lipinski definition) is 4. The molecule has 3 aromatic rings. The van der Waals surface area contributed by atoms with Gasteiger partial charge in [0.15, 0.2) is 23.7 Å². The molecule has 3 aromatic carbocycles. The van der Waals surface area contributed by atoms with E-state index in [4.69, 9.17) is 24.1 Å². The first-order valence-corrected chi connectivity index (χ1v) is 13.8. The predicted octanol–water partition coefficient (Wildman–Crippen LogP) is 5.16. The molecule has 0 saturated heterocycles. The first kappa shape index (κ1) is 34.2. The monoisotopic (exact) mass is 626 g/mol. The Morgan fingerprint density at radius 2 is 1.49 bits per heavy atom. The number of halogens is 1. The number of carbonyl (C=O) groups excluding carboxylic acids is 2. The van der Waals surface area contributed by atoms with E-state index in [9.17, 15) is 28.7 Å². The number of hydrogen-bond acceptors (Lipinski definition) is 8. The molecule has 1 aliphatic heterocycles. The Balaban J connectivity index is 0.000000248. The molecule has 2 atom stereocenters. The molecular formula is C32H35FN2O10. The number of ether oxygens (including phenoxy) is 4. The number of aliphatic carboxylic acids is 2. The number of methoxy groups -OCH3 is 1. The quantitative estimate of drug-likeness (QED) is 0.249. The fourth-order valence-corrected chi connectivity index (χ4v) is 4.13. The molecule has 1 aliphatic rings. The van der Waals surface area contributed by atoms with Crippen LogP contribution in [0.15, 0.2) is 66.7 Å². The summed E-state index contributed by atoms with van der Waals surface area (Å²) < 4.78 is 33.8. The first-order chi connectivity index (χ1) is 21.3. The van der Waals surface area contributed by atoms with Crippen molar-refractivity contribution in [2.24, 2.45) is 0 Å². The summed E-state index contributed by atoms with van der Waals surface area (Å²) in [5, 5.41) is 23.2. The van der Waals surface area contributed by atoms with Crippen molar-refractivity contribution in [3.8, 4) is 11.5 Å². The van der Waals surface area contributed by atoms with E-state index in [0.717, 1.165) is 29.4 Å². The molecule has 0 fully saturated rings. The molecule has 240 valence electrons. The van der Waals surface area contributed by atoms with Crippen LogP contribution in [0.4, 0.5) is 14.0 Å². The zero-order chi connectivity index (χ0) is 33.1. The fourth-order valence-electron chi connectivity index (χ4n) is 4.13. The lowest BCUT2D eigenvalue weighted by molar-refractivity contribution is -0.140. The van der Waals surface area contributed by atoms with Crippen LogP contribution in [0.5, 0.6) is 11.5 Å². The molecule has 0 radical (unpaired) electrons. The largest absolute Gasteiger partial charge is 0.494 e. The van der Waals surface area contributed by atoms with Gasteiger partial charge in [-0.15, -0.1) is 0 Å². The lowest BCUT2D eigenvalue weighted by atomic mass is 10.0. The lowest BCUT2D eigenvalue weighted by Crippen LogP contribution is -2.38. The molecule has 0 aromatic heterocycles. The van der Waals surface area contributed by atoms with Gasteiger partial charge in [-0.05, 0) is 67.3 Å². The smallest absolute Gasteiger partial charge is 0.408 e. The maximum Gasteiger partial charge on any atom is 0.408 e. The van der Waals surface area contributed by atoms with Crippen molar-refractivity contribution in [3.05, 3.63) is 94.8 Å². The maximum absolute atomic E-state index is 13.6. The summed E-state index contributed by atoms with van der Waals surface area (Å²) in [6.45, 7) is 5.61. The molecule has 4 N–H and O–H groups in total. The molecule has 2 unspecified atom stereocenters. The van der Waals surface area contributed by atoms with Crippen LogP contribution in [0.25, 0.3) is 0 Å². The molecule has 0 saturated carbocycles. The van der Waals surface area contributed by atoms with E-state index in [1.54, 1.807) is 39.0 Å². The van der Waals surface area contributed by atoms with Gasteiger partial charge in [0.1, 0.15) is 18.0 Å². The Morgan fingerprint density at radius 1 is 0.889 bits per heavy atom. The second-order valence-electron chi connectivity index (χ2n) is 10.8. The number of carbonyl (C=O) groups is 4. The van der Waals surface area contributed by atoms with Gasteiger partial charge in [-0.2, -0.15) is 0 Å². The van der Waals surface area contributed by atoms with Crippen LogP contribution in [-0.2, 0) is 32.1 Å². The van der Waals surface area contributed by atoms with Gasteiger partial charge in [-0.25, -0.2) is 23.6 Å². The third-order valence-electron chi connectivity index (χ3n) is 6.19. The summed E-state index contributed by atoms with van der Waals surface area (Å²) in [5.41, 5.74) is 1.57. The molecule has 0 spiro atoms. The zero-order valence-corrected chi connectivity index (χ0v) is 25.2. The van der Waals surface area contributed by atoms with E-state index >= 15 is 0 Å². The Bertz CT molecular complexity index is 1510. The predicted molar refractivity (Wildman–Crippen MR) is 158 cm³/mol. The van der Waals surface area contributed by atoms with E-state index in [2.05, 4.69) is 10.6 Å². The average Bonchev–Trinajstić information content (AvgIpc) is 3.45. The molecule has 45 heavy (non-hydrogen) atoms. The van der Waals surface area contributed by atoms with Gasteiger partial charge < -0.3 is 39.8 Å². The summed E-state index contributed by atoms with van der Waals surface area (Å²) in [6.07, 6.45) is -0.942. The van der Waals surface area contributed by atoms with E-state index in [0.29, 0.717) is 12.2 Å². The Hall–Kier alpha value is -5.33. The second-order valence-corrected chi connectivity index (χ2v) is 10.8. The van der Waals surface area contributed by atoms with Gasteiger partial charge in [-0.1, -0.05) is 42.5 Å². The summed E-state index contributed by atoms with van der Waals surface area (Å²) in [7, 11) is 1.30. The van der Waals surface area contributed by atoms with Gasteiger partial charge in [0.25, 0.3) is 0 Å². The molecular weight excluding hydrogens is 591 g/mol. The third kappa shape index (κ3) is 10.4. The van der Waals surface area contributed by atoms with Crippen LogP contribution in [0, 0.1) is 5.82 Å². The maximum atomic E-state index is 13.6. The van der Waals surface area contributed by atoms with Crippen LogP contribution in [0.2, 0.25) is 0 Å². The molecule has 1 heterocycles. The van der Waals surface area contributed by atoms with Crippen LogP contribution >= 0.6 is 0 Å². The minimum atomic E-state index is -1.42. The van der Waals surface area contributed by atoms with E-state index in [1.807, 2.05) is 30.3 Å². The van der Waals surface area contributed by atoms with E-state index in [-0.39, 0.29) is 17.9 Å². The third-order valence-corrected chi connectivity index (χ3v) is 6.19. The van der Waals surface area contributed by atoms with Crippen molar-refractivity contribution in [2.45, 2.75) is 51.5 Å². The van der Waals surface area contributed by atoms with Gasteiger partial charge in [0, 0.05) is 6.42 Å². The number of alkyl carbamates (subject to hydrolysis) is 2. The van der Waals surface area contributed by atoms with Crippen LogP contribution in [-0.4, -0.2) is 53.7 Å². The number of rotatable bonds is 9. The summed E-state index contributed by atoms with van der Waals surface area (Å²) in [6, 6.07) is 15.4. The summed E-state index contributed by atoms with van der Waals surface area (Å²) in [5.74, 6) is -2.45. The molecule has 0 aliphatic carbocycles. The number of carboxylic acid groups (broad SMARTS) is 2. The van der Waals surface area contributed by atoms with Gasteiger partial charge in [0.2, 0.25) is 0 Å². The number of nitrogens with one attached hydrogen (secondary N) is 2. The Kier molecular flexibility index (Phi) is 11.7. The molecule has 13 heteroatoms. The highest BCUT2D eigenvalue weighted by Gasteiger charge is 2.27. The van der Waals surface area contributed by atoms with Crippen LogP contribution < -0.4 is 20.1 Å².